The van der Waals surface area contributed by atoms with Crippen molar-refractivity contribution in [1.82, 2.24) is 15.0 Å². The van der Waals surface area contributed by atoms with Crippen molar-refractivity contribution >= 4 is 5.91 Å². The maximum absolute atomic E-state index is 11.5. The van der Waals surface area contributed by atoms with Crippen molar-refractivity contribution in [2.75, 3.05) is 39.5 Å². The van der Waals surface area contributed by atoms with Crippen LogP contribution in [0.25, 0.3) is 0 Å². The summed E-state index contributed by atoms with van der Waals surface area (Å²) in [5, 5.41) is 4.06. The lowest BCUT2D eigenvalue weighted by molar-refractivity contribution is -0.130. The molecule has 2 saturated heterocycles. The van der Waals surface area contributed by atoms with Crippen molar-refractivity contribution in [2.24, 2.45) is 5.92 Å². The van der Waals surface area contributed by atoms with E-state index >= 15 is 0 Å². The minimum absolute atomic E-state index is 0.112. The Labute approximate surface area is 142 Å². The first kappa shape index (κ1) is 17.4. The van der Waals surface area contributed by atoms with Gasteiger partial charge in [0, 0.05) is 46.3 Å². The Kier molecular flexibility index (Phi) is 6.20. The fourth-order valence-corrected chi connectivity index (χ4v) is 3.33. The van der Waals surface area contributed by atoms with Crippen LogP contribution in [0.5, 0.6) is 0 Å². The highest BCUT2D eigenvalue weighted by atomic mass is 16.5. The molecule has 1 amide bonds. The zero-order valence-electron chi connectivity index (χ0n) is 14.4. The molecule has 1 unspecified atom stereocenters. The van der Waals surface area contributed by atoms with Gasteiger partial charge in [0.1, 0.15) is 0 Å². The molecule has 0 bridgehead atoms. The molecule has 1 atom stereocenters. The van der Waals surface area contributed by atoms with E-state index in [0.717, 1.165) is 52.0 Å². The van der Waals surface area contributed by atoms with E-state index in [1.165, 1.54) is 0 Å². The maximum Gasteiger partial charge on any atom is 0.231 e. The van der Waals surface area contributed by atoms with E-state index in [4.69, 9.17) is 14.0 Å². The second-order valence-corrected chi connectivity index (χ2v) is 6.73. The molecule has 7 heteroatoms. The van der Waals surface area contributed by atoms with Gasteiger partial charge < -0.3 is 18.9 Å². The molecule has 24 heavy (non-hydrogen) atoms. The van der Waals surface area contributed by atoms with Gasteiger partial charge in [-0.15, -0.1) is 0 Å². The molecule has 0 aliphatic carbocycles. The minimum Gasteiger partial charge on any atom is -0.381 e. The third kappa shape index (κ3) is 4.77. The summed E-state index contributed by atoms with van der Waals surface area (Å²) >= 11 is 0. The quantitative estimate of drug-likeness (QED) is 0.737. The maximum atomic E-state index is 11.5. The zero-order valence-corrected chi connectivity index (χ0v) is 14.4. The lowest BCUT2D eigenvalue weighted by Gasteiger charge is -2.29. The highest BCUT2D eigenvalue weighted by Gasteiger charge is 2.27. The van der Waals surface area contributed by atoms with Gasteiger partial charge in [0.15, 0.2) is 5.82 Å². The van der Waals surface area contributed by atoms with Crippen LogP contribution in [0, 0.1) is 5.92 Å². The van der Waals surface area contributed by atoms with Gasteiger partial charge >= 0.3 is 0 Å². The van der Waals surface area contributed by atoms with E-state index in [2.05, 4.69) is 10.1 Å². The van der Waals surface area contributed by atoms with Crippen molar-refractivity contribution in [3.8, 4) is 0 Å². The second-order valence-electron chi connectivity index (χ2n) is 6.73. The molecule has 2 fully saturated rings. The SMILES string of the molecule is CC(=O)N1CCCC(c2nc(CCOCC3CCOCC3)no2)C1. The summed E-state index contributed by atoms with van der Waals surface area (Å²) in [6, 6.07) is 0. The fraction of sp³-hybridized carbons (Fsp3) is 0.824. The number of amides is 1. The molecule has 2 aliphatic heterocycles. The molecule has 0 saturated carbocycles. The van der Waals surface area contributed by atoms with E-state index in [9.17, 15) is 4.79 Å². The summed E-state index contributed by atoms with van der Waals surface area (Å²) in [4.78, 5) is 17.9. The molecule has 3 rings (SSSR count). The first-order valence-corrected chi connectivity index (χ1v) is 8.96. The Bertz CT molecular complexity index is 528. The third-order valence-electron chi connectivity index (χ3n) is 4.86. The van der Waals surface area contributed by atoms with Crippen LogP contribution in [-0.4, -0.2) is 60.5 Å². The van der Waals surface area contributed by atoms with Gasteiger partial charge in [-0.3, -0.25) is 4.79 Å². The number of ether oxygens (including phenoxy) is 2. The summed E-state index contributed by atoms with van der Waals surface area (Å²) in [5.41, 5.74) is 0. The van der Waals surface area contributed by atoms with Crippen LogP contribution in [0.4, 0.5) is 0 Å². The van der Waals surface area contributed by atoms with Crippen molar-refractivity contribution in [1.29, 1.82) is 0 Å². The average molecular weight is 337 g/mol. The van der Waals surface area contributed by atoms with Gasteiger partial charge in [0.25, 0.3) is 0 Å². The van der Waals surface area contributed by atoms with Gasteiger partial charge in [0.2, 0.25) is 11.8 Å². The summed E-state index contributed by atoms with van der Waals surface area (Å²) < 4.78 is 16.5. The summed E-state index contributed by atoms with van der Waals surface area (Å²) in [7, 11) is 0. The summed E-state index contributed by atoms with van der Waals surface area (Å²) in [6.45, 7) is 6.20. The Morgan fingerprint density at radius 3 is 2.96 bits per heavy atom. The Balaban J connectivity index is 1.41. The van der Waals surface area contributed by atoms with E-state index in [-0.39, 0.29) is 11.8 Å². The average Bonchev–Trinajstić information content (AvgIpc) is 3.09. The molecular weight excluding hydrogens is 310 g/mol. The topological polar surface area (TPSA) is 77.7 Å². The standard InChI is InChI=1S/C17H27N3O4/c1-13(21)20-7-2-3-15(11-20)17-18-16(19-24-17)6-10-23-12-14-4-8-22-9-5-14/h14-15H,2-12H2,1H3. The van der Waals surface area contributed by atoms with Crippen molar-refractivity contribution in [2.45, 2.75) is 44.9 Å². The Morgan fingerprint density at radius 2 is 2.17 bits per heavy atom. The van der Waals surface area contributed by atoms with Gasteiger partial charge in [-0.1, -0.05) is 5.16 Å². The normalized spacial score (nSPS) is 22.7. The number of nitrogens with zero attached hydrogens (tertiary/aromatic N) is 3. The van der Waals surface area contributed by atoms with E-state index in [1.807, 2.05) is 4.90 Å². The van der Waals surface area contributed by atoms with Gasteiger partial charge in [0.05, 0.1) is 12.5 Å². The van der Waals surface area contributed by atoms with Gasteiger partial charge in [-0.05, 0) is 31.6 Å². The molecule has 0 spiro atoms. The van der Waals surface area contributed by atoms with E-state index in [0.29, 0.717) is 37.2 Å². The monoisotopic (exact) mass is 337 g/mol. The van der Waals surface area contributed by atoms with Crippen LogP contribution in [-0.2, 0) is 20.7 Å². The minimum atomic E-state index is 0.112. The Hall–Kier alpha value is -1.47. The predicted molar refractivity (Wildman–Crippen MR) is 86.6 cm³/mol. The molecular formula is C17H27N3O4. The van der Waals surface area contributed by atoms with Gasteiger partial charge in [-0.25, -0.2) is 0 Å². The van der Waals surface area contributed by atoms with Crippen molar-refractivity contribution in [3.05, 3.63) is 11.7 Å². The lowest BCUT2D eigenvalue weighted by atomic mass is 9.98. The number of rotatable bonds is 6. The summed E-state index contributed by atoms with van der Waals surface area (Å²) in [6.07, 6.45) is 4.80. The van der Waals surface area contributed by atoms with Crippen molar-refractivity contribution < 1.29 is 18.8 Å². The molecule has 0 radical (unpaired) electrons. The molecule has 134 valence electrons. The number of carbonyl (C=O) groups is 1. The van der Waals surface area contributed by atoms with Crippen LogP contribution in [0.3, 0.4) is 0 Å². The van der Waals surface area contributed by atoms with Crippen LogP contribution in [0.15, 0.2) is 4.52 Å². The van der Waals surface area contributed by atoms with Crippen molar-refractivity contribution in [3.63, 3.8) is 0 Å². The van der Waals surface area contributed by atoms with Crippen LogP contribution in [0.1, 0.15) is 50.2 Å². The first-order chi connectivity index (χ1) is 11.7. The third-order valence-corrected chi connectivity index (χ3v) is 4.86. The number of piperidine rings is 1. The number of hydrogen-bond donors (Lipinski definition) is 0. The second kappa shape index (κ2) is 8.58. The van der Waals surface area contributed by atoms with Crippen LogP contribution < -0.4 is 0 Å². The number of aromatic nitrogens is 2. The number of carbonyl (C=O) groups excluding carboxylic acids is 1. The molecule has 1 aromatic rings. The Morgan fingerprint density at radius 1 is 1.33 bits per heavy atom. The molecule has 0 aromatic carbocycles. The van der Waals surface area contributed by atoms with E-state index < -0.39 is 0 Å². The number of likely N-dealkylation sites (tertiary alicyclic amines) is 1. The molecule has 7 nitrogen and oxygen atoms in total. The summed E-state index contributed by atoms with van der Waals surface area (Å²) in [5.74, 6) is 2.23. The molecule has 2 aliphatic rings. The number of hydrogen-bond acceptors (Lipinski definition) is 6. The first-order valence-electron chi connectivity index (χ1n) is 8.96. The highest BCUT2D eigenvalue weighted by Crippen LogP contribution is 2.25. The van der Waals surface area contributed by atoms with Gasteiger partial charge in [-0.2, -0.15) is 4.98 Å². The van der Waals surface area contributed by atoms with Crippen LogP contribution in [0.2, 0.25) is 0 Å². The lowest BCUT2D eigenvalue weighted by Crippen LogP contribution is -2.37. The highest BCUT2D eigenvalue weighted by molar-refractivity contribution is 5.73. The smallest absolute Gasteiger partial charge is 0.231 e. The zero-order chi connectivity index (χ0) is 16.8. The largest absolute Gasteiger partial charge is 0.381 e. The van der Waals surface area contributed by atoms with Crippen LogP contribution >= 0.6 is 0 Å². The predicted octanol–water partition coefficient (Wildman–Crippen LogP) is 1.78. The fourth-order valence-electron chi connectivity index (χ4n) is 3.33. The molecule has 1 aromatic heterocycles. The van der Waals surface area contributed by atoms with E-state index in [1.54, 1.807) is 6.92 Å². The molecule has 0 N–H and O–H groups in total. The molecule has 3 heterocycles.